The Morgan fingerprint density at radius 2 is 1.76 bits per heavy atom. The SMILES string of the molecule is COc1cc(C(=O)OCC(=O)Nc2c(F)cccc2F)ccc1OCCC(C)C. The summed E-state index contributed by atoms with van der Waals surface area (Å²) >= 11 is 0. The van der Waals surface area contributed by atoms with E-state index in [1.807, 2.05) is 5.32 Å². The molecule has 0 radical (unpaired) electrons. The highest BCUT2D eigenvalue weighted by atomic mass is 19.1. The summed E-state index contributed by atoms with van der Waals surface area (Å²) in [5, 5.41) is 2.04. The number of carbonyl (C=O) groups excluding carboxylic acids is 2. The van der Waals surface area contributed by atoms with Gasteiger partial charge in [-0.3, -0.25) is 4.79 Å². The average Bonchev–Trinajstić information content (AvgIpc) is 2.69. The van der Waals surface area contributed by atoms with Gasteiger partial charge in [-0.25, -0.2) is 13.6 Å². The van der Waals surface area contributed by atoms with E-state index in [-0.39, 0.29) is 5.56 Å². The van der Waals surface area contributed by atoms with Crippen LogP contribution in [0.1, 0.15) is 30.6 Å². The Labute approximate surface area is 167 Å². The molecule has 0 atom stereocenters. The lowest BCUT2D eigenvalue weighted by molar-refractivity contribution is -0.119. The van der Waals surface area contributed by atoms with Gasteiger partial charge in [-0.1, -0.05) is 19.9 Å². The van der Waals surface area contributed by atoms with Gasteiger partial charge in [0.2, 0.25) is 0 Å². The first-order chi connectivity index (χ1) is 13.8. The van der Waals surface area contributed by atoms with E-state index >= 15 is 0 Å². The summed E-state index contributed by atoms with van der Waals surface area (Å²) in [4.78, 5) is 24.0. The fourth-order valence-electron chi connectivity index (χ4n) is 2.33. The quantitative estimate of drug-likeness (QED) is 0.631. The van der Waals surface area contributed by atoms with Gasteiger partial charge in [-0.2, -0.15) is 0 Å². The summed E-state index contributed by atoms with van der Waals surface area (Å²) in [7, 11) is 1.44. The van der Waals surface area contributed by atoms with Crippen molar-refractivity contribution in [1.82, 2.24) is 0 Å². The van der Waals surface area contributed by atoms with E-state index in [9.17, 15) is 18.4 Å². The van der Waals surface area contributed by atoms with Gasteiger partial charge < -0.3 is 19.5 Å². The molecule has 0 heterocycles. The van der Waals surface area contributed by atoms with Gasteiger partial charge in [0.15, 0.2) is 18.1 Å². The number of nitrogens with one attached hydrogen (secondary N) is 1. The number of carbonyl (C=O) groups is 2. The molecule has 0 aliphatic carbocycles. The Morgan fingerprint density at radius 3 is 2.38 bits per heavy atom. The van der Waals surface area contributed by atoms with Crippen LogP contribution in [0.4, 0.5) is 14.5 Å². The van der Waals surface area contributed by atoms with Crippen LogP contribution in [0.2, 0.25) is 0 Å². The maximum Gasteiger partial charge on any atom is 0.338 e. The van der Waals surface area contributed by atoms with Gasteiger partial charge in [-0.05, 0) is 42.7 Å². The van der Waals surface area contributed by atoms with Crippen LogP contribution >= 0.6 is 0 Å². The highest BCUT2D eigenvalue weighted by Crippen LogP contribution is 2.28. The monoisotopic (exact) mass is 407 g/mol. The molecule has 0 spiro atoms. The van der Waals surface area contributed by atoms with E-state index in [0.29, 0.717) is 24.0 Å². The van der Waals surface area contributed by atoms with E-state index in [0.717, 1.165) is 18.6 Å². The summed E-state index contributed by atoms with van der Waals surface area (Å²) in [5.74, 6) is -2.20. The molecule has 0 bridgehead atoms. The summed E-state index contributed by atoms with van der Waals surface area (Å²) < 4.78 is 42.9. The fourth-order valence-corrected chi connectivity index (χ4v) is 2.33. The maximum atomic E-state index is 13.5. The molecule has 0 aromatic heterocycles. The zero-order valence-corrected chi connectivity index (χ0v) is 16.5. The molecule has 1 N–H and O–H groups in total. The Hall–Kier alpha value is -3.16. The molecular weight excluding hydrogens is 384 g/mol. The van der Waals surface area contributed by atoms with Crippen molar-refractivity contribution in [2.45, 2.75) is 20.3 Å². The number of amides is 1. The minimum absolute atomic E-state index is 0.142. The van der Waals surface area contributed by atoms with Crippen molar-refractivity contribution >= 4 is 17.6 Å². The van der Waals surface area contributed by atoms with Crippen LogP contribution in [-0.2, 0) is 9.53 Å². The number of rotatable bonds is 9. The lowest BCUT2D eigenvalue weighted by Crippen LogP contribution is -2.22. The van der Waals surface area contributed by atoms with Crippen molar-refractivity contribution in [3.8, 4) is 11.5 Å². The Morgan fingerprint density at radius 1 is 1.07 bits per heavy atom. The molecule has 29 heavy (non-hydrogen) atoms. The number of anilines is 1. The van der Waals surface area contributed by atoms with E-state index in [1.54, 1.807) is 6.07 Å². The molecule has 1 amide bonds. The number of esters is 1. The molecule has 0 saturated heterocycles. The number of halogens is 2. The van der Waals surface area contributed by atoms with Crippen molar-refractivity contribution in [2.75, 3.05) is 25.6 Å². The van der Waals surface area contributed by atoms with Gasteiger partial charge in [0.05, 0.1) is 19.3 Å². The molecule has 0 unspecified atom stereocenters. The van der Waals surface area contributed by atoms with Crippen molar-refractivity contribution in [3.63, 3.8) is 0 Å². The third kappa shape index (κ3) is 6.44. The first kappa shape index (κ1) is 22.1. The number of ether oxygens (including phenoxy) is 3. The second kappa shape index (κ2) is 10.4. The molecule has 8 heteroatoms. The molecule has 0 aliphatic rings. The highest BCUT2D eigenvalue weighted by Gasteiger charge is 2.16. The minimum atomic E-state index is -0.928. The van der Waals surface area contributed by atoms with Gasteiger partial charge in [0, 0.05) is 0 Å². The normalized spacial score (nSPS) is 10.6. The van der Waals surface area contributed by atoms with Gasteiger partial charge in [0.1, 0.15) is 17.3 Å². The number of hydrogen-bond acceptors (Lipinski definition) is 5. The van der Waals surface area contributed by atoms with Crippen molar-refractivity contribution in [2.24, 2.45) is 5.92 Å². The number of hydrogen-bond donors (Lipinski definition) is 1. The summed E-state index contributed by atoms with van der Waals surface area (Å²) in [6.45, 7) is 3.96. The fraction of sp³-hybridized carbons (Fsp3) is 0.333. The topological polar surface area (TPSA) is 73.9 Å². The average molecular weight is 407 g/mol. The lowest BCUT2D eigenvalue weighted by atomic mass is 10.1. The third-order valence-corrected chi connectivity index (χ3v) is 3.91. The molecule has 2 aromatic carbocycles. The van der Waals surface area contributed by atoms with E-state index in [1.165, 1.54) is 25.3 Å². The number of benzene rings is 2. The lowest BCUT2D eigenvalue weighted by Gasteiger charge is -2.13. The van der Waals surface area contributed by atoms with Crippen molar-refractivity contribution in [1.29, 1.82) is 0 Å². The smallest absolute Gasteiger partial charge is 0.338 e. The Kier molecular flexibility index (Phi) is 7.94. The molecular formula is C21H23F2NO5. The van der Waals surface area contributed by atoms with Gasteiger partial charge >= 0.3 is 5.97 Å². The summed E-state index contributed by atoms with van der Waals surface area (Å²) in [6.07, 6.45) is 0.866. The van der Waals surface area contributed by atoms with Crippen LogP contribution in [0.25, 0.3) is 0 Å². The second-order valence-electron chi connectivity index (χ2n) is 6.62. The summed E-state index contributed by atoms with van der Waals surface area (Å²) in [5.41, 5.74) is -0.457. The van der Waals surface area contributed by atoms with Crippen LogP contribution < -0.4 is 14.8 Å². The van der Waals surface area contributed by atoms with E-state index < -0.39 is 35.8 Å². The Balaban J connectivity index is 1.95. The van der Waals surface area contributed by atoms with E-state index in [4.69, 9.17) is 14.2 Å². The first-order valence-corrected chi connectivity index (χ1v) is 9.03. The van der Waals surface area contributed by atoms with Crippen LogP contribution in [0, 0.1) is 17.6 Å². The standard InChI is InChI=1S/C21H23F2NO5/c1-13(2)9-10-28-17-8-7-14(11-18(17)27-3)21(26)29-12-19(25)24-20-15(22)5-4-6-16(20)23/h4-8,11,13H,9-10,12H2,1-3H3,(H,24,25). The molecule has 0 aliphatic heterocycles. The zero-order valence-electron chi connectivity index (χ0n) is 16.5. The van der Waals surface area contributed by atoms with Crippen LogP contribution in [-0.4, -0.2) is 32.2 Å². The molecule has 2 aromatic rings. The van der Waals surface area contributed by atoms with E-state index in [2.05, 4.69) is 13.8 Å². The van der Waals surface area contributed by atoms with Crippen molar-refractivity contribution < 1.29 is 32.6 Å². The zero-order chi connectivity index (χ0) is 21.4. The first-order valence-electron chi connectivity index (χ1n) is 9.03. The van der Waals surface area contributed by atoms with Crippen LogP contribution in [0.5, 0.6) is 11.5 Å². The second-order valence-corrected chi connectivity index (χ2v) is 6.62. The molecule has 6 nitrogen and oxygen atoms in total. The van der Waals surface area contributed by atoms with Gasteiger partial charge in [0.25, 0.3) is 5.91 Å². The Bertz CT molecular complexity index is 850. The van der Waals surface area contributed by atoms with Crippen molar-refractivity contribution in [3.05, 3.63) is 53.6 Å². The predicted molar refractivity (Wildman–Crippen MR) is 103 cm³/mol. The molecule has 0 fully saturated rings. The maximum absolute atomic E-state index is 13.5. The molecule has 2 rings (SSSR count). The van der Waals surface area contributed by atoms with Crippen LogP contribution in [0.3, 0.4) is 0 Å². The highest BCUT2D eigenvalue weighted by molar-refractivity contribution is 5.95. The third-order valence-electron chi connectivity index (χ3n) is 3.91. The largest absolute Gasteiger partial charge is 0.493 e. The van der Waals surface area contributed by atoms with Crippen LogP contribution in [0.15, 0.2) is 36.4 Å². The molecule has 156 valence electrons. The van der Waals surface area contributed by atoms with Gasteiger partial charge in [-0.15, -0.1) is 0 Å². The predicted octanol–water partition coefficient (Wildman–Crippen LogP) is 4.19. The minimum Gasteiger partial charge on any atom is -0.493 e. The molecule has 0 saturated carbocycles. The number of methoxy groups -OCH3 is 1. The summed E-state index contributed by atoms with van der Waals surface area (Å²) in [6, 6.07) is 7.66. The number of para-hydroxylation sites is 1.